The quantitative estimate of drug-likeness (QED) is 0.704. The maximum atomic E-state index is 12.5. The van der Waals surface area contributed by atoms with E-state index in [9.17, 15) is 9.90 Å². The van der Waals surface area contributed by atoms with E-state index >= 15 is 0 Å². The van der Waals surface area contributed by atoms with Gasteiger partial charge in [-0.15, -0.1) is 0 Å². The minimum atomic E-state index is -0.340. The summed E-state index contributed by atoms with van der Waals surface area (Å²) in [6.07, 6.45) is 0. The topological polar surface area (TPSA) is 58.6 Å². The van der Waals surface area contributed by atoms with E-state index in [-0.39, 0.29) is 11.7 Å². The van der Waals surface area contributed by atoms with Crippen LogP contribution in [0.5, 0.6) is 11.5 Å². The lowest BCUT2D eigenvalue weighted by molar-refractivity contribution is 0.102. The van der Waals surface area contributed by atoms with Crippen molar-refractivity contribution in [1.82, 2.24) is 0 Å². The van der Waals surface area contributed by atoms with Crippen LogP contribution in [0.1, 0.15) is 10.4 Å². The van der Waals surface area contributed by atoms with Gasteiger partial charge in [0.05, 0.1) is 18.4 Å². The lowest BCUT2D eigenvalue weighted by Gasteiger charge is -2.12. The van der Waals surface area contributed by atoms with Crippen molar-refractivity contribution in [2.24, 2.45) is 0 Å². The fraction of sp³-hybridized carbons (Fsp3) is 0.0500. The Hall–Kier alpha value is -3.27. The van der Waals surface area contributed by atoms with Crippen LogP contribution in [0.2, 0.25) is 0 Å². The minimum Gasteiger partial charge on any atom is -0.506 e. The number of carbonyl (C=O) groups excluding carboxylic acids is 1. The molecule has 3 rings (SSSR count). The van der Waals surface area contributed by atoms with Gasteiger partial charge >= 0.3 is 0 Å². The Labute approximate surface area is 140 Å². The first-order valence-electron chi connectivity index (χ1n) is 7.52. The Kier molecular flexibility index (Phi) is 4.47. The summed E-state index contributed by atoms with van der Waals surface area (Å²) in [4.78, 5) is 12.5. The van der Waals surface area contributed by atoms with Crippen molar-refractivity contribution in [3.8, 4) is 22.6 Å². The molecule has 0 unspecified atom stereocenters. The molecule has 4 heteroatoms. The number of anilines is 1. The van der Waals surface area contributed by atoms with E-state index < -0.39 is 0 Å². The monoisotopic (exact) mass is 319 g/mol. The summed E-state index contributed by atoms with van der Waals surface area (Å²) >= 11 is 0. The summed E-state index contributed by atoms with van der Waals surface area (Å²) in [6.45, 7) is 0. The third kappa shape index (κ3) is 3.22. The molecule has 0 atom stereocenters. The number of aromatic hydroxyl groups is 1. The molecule has 0 bridgehead atoms. The van der Waals surface area contributed by atoms with Crippen LogP contribution in [-0.2, 0) is 0 Å². The highest BCUT2D eigenvalue weighted by Gasteiger charge is 2.14. The van der Waals surface area contributed by atoms with Gasteiger partial charge < -0.3 is 15.2 Å². The summed E-state index contributed by atoms with van der Waals surface area (Å²) in [5.74, 6) is 0.152. The molecule has 0 aliphatic carbocycles. The molecular formula is C20H17NO3. The number of methoxy groups -OCH3 is 1. The zero-order valence-corrected chi connectivity index (χ0v) is 13.2. The highest BCUT2D eigenvalue weighted by Crippen LogP contribution is 2.30. The normalized spacial score (nSPS) is 10.2. The molecule has 0 saturated heterocycles. The first kappa shape index (κ1) is 15.6. The van der Waals surface area contributed by atoms with Crippen LogP contribution in [-0.4, -0.2) is 18.1 Å². The molecule has 3 aromatic carbocycles. The molecule has 24 heavy (non-hydrogen) atoms. The highest BCUT2D eigenvalue weighted by atomic mass is 16.5. The molecule has 0 radical (unpaired) electrons. The number of amides is 1. The molecule has 0 fully saturated rings. The van der Waals surface area contributed by atoms with Crippen LogP contribution >= 0.6 is 0 Å². The molecule has 0 heterocycles. The van der Waals surface area contributed by atoms with Crippen molar-refractivity contribution in [1.29, 1.82) is 0 Å². The summed E-state index contributed by atoms with van der Waals surface area (Å²) in [5.41, 5.74) is 2.67. The van der Waals surface area contributed by atoms with E-state index in [1.54, 1.807) is 36.4 Å². The molecule has 3 aromatic rings. The number of hydrogen-bond acceptors (Lipinski definition) is 3. The molecule has 4 nitrogen and oxygen atoms in total. The van der Waals surface area contributed by atoms with Crippen LogP contribution in [0, 0.1) is 0 Å². The molecule has 2 N–H and O–H groups in total. The number of hydrogen-bond donors (Lipinski definition) is 2. The largest absolute Gasteiger partial charge is 0.506 e. The van der Waals surface area contributed by atoms with Gasteiger partial charge in [-0.05, 0) is 35.4 Å². The van der Waals surface area contributed by atoms with Gasteiger partial charge in [0.1, 0.15) is 11.5 Å². The summed E-state index contributed by atoms with van der Waals surface area (Å²) in [5, 5.41) is 12.8. The maximum Gasteiger partial charge on any atom is 0.259 e. The van der Waals surface area contributed by atoms with E-state index in [1.807, 2.05) is 36.4 Å². The fourth-order valence-electron chi connectivity index (χ4n) is 2.47. The smallest absolute Gasteiger partial charge is 0.259 e. The summed E-state index contributed by atoms with van der Waals surface area (Å²) in [6, 6.07) is 21.8. The molecular weight excluding hydrogens is 302 g/mol. The Morgan fingerprint density at radius 3 is 2.38 bits per heavy atom. The Bertz CT molecular complexity index is 860. The standard InChI is InChI=1S/C20H17NO3/c1-24-19-10-6-5-9-16(19)20(23)21-17-13-15(11-12-18(17)22)14-7-3-2-4-8-14/h2-13,22H,1H3,(H,21,23). The van der Waals surface area contributed by atoms with E-state index in [0.29, 0.717) is 17.0 Å². The number of phenolic OH excluding ortho intramolecular Hbond substituents is 1. The second-order valence-electron chi connectivity index (χ2n) is 5.25. The third-order valence-electron chi connectivity index (χ3n) is 3.70. The molecule has 0 aromatic heterocycles. The van der Waals surface area contributed by atoms with Crippen molar-refractivity contribution in [3.63, 3.8) is 0 Å². The van der Waals surface area contributed by atoms with Gasteiger partial charge in [-0.2, -0.15) is 0 Å². The van der Waals surface area contributed by atoms with Crippen molar-refractivity contribution in [2.75, 3.05) is 12.4 Å². The van der Waals surface area contributed by atoms with Gasteiger partial charge in [-0.1, -0.05) is 48.5 Å². The molecule has 0 aliphatic heterocycles. The second kappa shape index (κ2) is 6.87. The van der Waals surface area contributed by atoms with Crippen molar-refractivity contribution < 1.29 is 14.6 Å². The first-order chi connectivity index (χ1) is 11.7. The van der Waals surface area contributed by atoms with E-state index in [2.05, 4.69) is 5.32 Å². The van der Waals surface area contributed by atoms with E-state index in [0.717, 1.165) is 11.1 Å². The molecule has 0 saturated carbocycles. The van der Waals surface area contributed by atoms with Gasteiger partial charge in [0.25, 0.3) is 5.91 Å². The predicted octanol–water partition coefficient (Wildman–Crippen LogP) is 4.32. The summed E-state index contributed by atoms with van der Waals surface area (Å²) < 4.78 is 5.20. The second-order valence-corrected chi connectivity index (χ2v) is 5.25. The van der Waals surface area contributed by atoms with Crippen molar-refractivity contribution in [3.05, 3.63) is 78.4 Å². The number of benzene rings is 3. The van der Waals surface area contributed by atoms with Crippen LogP contribution in [0.4, 0.5) is 5.69 Å². The van der Waals surface area contributed by atoms with Gasteiger partial charge in [0, 0.05) is 0 Å². The van der Waals surface area contributed by atoms with Crippen LogP contribution in [0.25, 0.3) is 11.1 Å². The van der Waals surface area contributed by atoms with Gasteiger partial charge in [0.15, 0.2) is 0 Å². The fourth-order valence-corrected chi connectivity index (χ4v) is 2.47. The Morgan fingerprint density at radius 1 is 0.917 bits per heavy atom. The average Bonchev–Trinajstić information content (AvgIpc) is 2.64. The van der Waals surface area contributed by atoms with Crippen molar-refractivity contribution in [2.45, 2.75) is 0 Å². The van der Waals surface area contributed by atoms with E-state index in [1.165, 1.54) is 7.11 Å². The van der Waals surface area contributed by atoms with E-state index in [4.69, 9.17) is 4.74 Å². The third-order valence-corrected chi connectivity index (χ3v) is 3.70. The van der Waals surface area contributed by atoms with Gasteiger partial charge in [0.2, 0.25) is 0 Å². The van der Waals surface area contributed by atoms with Gasteiger partial charge in [-0.3, -0.25) is 4.79 Å². The highest BCUT2D eigenvalue weighted by molar-refractivity contribution is 6.07. The number of nitrogens with one attached hydrogen (secondary N) is 1. The maximum absolute atomic E-state index is 12.5. The van der Waals surface area contributed by atoms with Crippen LogP contribution in [0.15, 0.2) is 72.8 Å². The Morgan fingerprint density at radius 2 is 1.62 bits per heavy atom. The lowest BCUT2D eigenvalue weighted by Crippen LogP contribution is -2.13. The zero-order valence-electron chi connectivity index (χ0n) is 13.2. The minimum absolute atomic E-state index is 0.0120. The number of carbonyl (C=O) groups is 1. The zero-order chi connectivity index (χ0) is 16.9. The van der Waals surface area contributed by atoms with Gasteiger partial charge in [-0.25, -0.2) is 0 Å². The molecule has 0 aliphatic rings. The number of phenols is 1. The van der Waals surface area contributed by atoms with Crippen LogP contribution < -0.4 is 10.1 Å². The molecule has 120 valence electrons. The Balaban J connectivity index is 1.91. The number of ether oxygens (including phenoxy) is 1. The predicted molar refractivity (Wildman–Crippen MR) is 94.5 cm³/mol. The molecule has 1 amide bonds. The summed E-state index contributed by atoms with van der Waals surface area (Å²) in [7, 11) is 1.51. The SMILES string of the molecule is COc1ccccc1C(=O)Nc1cc(-c2ccccc2)ccc1O. The van der Waals surface area contributed by atoms with Crippen molar-refractivity contribution >= 4 is 11.6 Å². The molecule has 0 spiro atoms. The number of rotatable bonds is 4. The average molecular weight is 319 g/mol. The first-order valence-corrected chi connectivity index (χ1v) is 7.52. The number of para-hydroxylation sites is 1. The van der Waals surface area contributed by atoms with Crippen LogP contribution in [0.3, 0.4) is 0 Å². The lowest BCUT2D eigenvalue weighted by atomic mass is 10.0.